The highest BCUT2D eigenvalue weighted by atomic mass is 35.5. The van der Waals surface area contributed by atoms with Gasteiger partial charge < -0.3 is 11.1 Å². The number of nitrogen functional groups attached to an aromatic ring is 1. The molecular weight excluding hydrogens is 220 g/mol. The molecule has 2 rings (SSSR count). The second-order valence-corrected chi connectivity index (χ2v) is 5.25. The number of benzene rings is 1. The van der Waals surface area contributed by atoms with Gasteiger partial charge in [-0.05, 0) is 43.4 Å². The van der Waals surface area contributed by atoms with Gasteiger partial charge in [0.05, 0.1) is 10.7 Å². The summed E-state index contributed by atoms with van der Waals surface area (Å²) in [5, 5.41) is 4.22. The van der Waals surface area contributed by atoms with E-state index >= 15 is 0 Å². The van der Waals surface area contributed by atoms with E-state index in [1.54, 1.807) is 0 Å². The highest BCUT2D eigenvalue weighted by molar-refractivity contribution is 6.33. The number of nitrogens with two attached hydrogens (primary N) is 1. The smallest absolute Gasteiger partial charge is 0.0656 e. The second kappa shape index (κ2) is 4.54. The predicted molar refractivity (Wildman–Crippen MR) is 71.0 cm³/mol. The molecule has 1 aliphatic carbocycles. The molecule has 0 heterocycles. The van der Waals surface area contributed by atoms with Crippen LogP contribution in [-0.4, -0.2) is 6.04 Å². The number of anilines is 2. The lowest BCUT2D eigenvalue weighted by atomic mass is 10.1. The van der Waals surface area contributed by atoms with Crippen LogP contribution in [0.15, 0.2) is 12.1 Å². The Kier molecular flexibility index (Phi) is 3.29. The number of halogens is 1. The Hall–Kier alpha value is -0.890. The first-order chi connectivity index (χ1) is 7.58. The summed E-state index contributed by atoms with van der Waals surface area (Å²) in [4.78, 5) is 0. The Bertz CT molecular complexity index is 390. The third-order valence-electron chi connectivity index (χ3n) is 3.55. The third kappa shape index (κ3) is 2.27. The van der Waals surface area contributed by atoms with Crippen LogP contribution in [0.25, 0.3) is 0 Å². The minimum absolute atomic E-state index is 0.582. The van der Waals surface area contributed by atoms with E-state index in [2.05, 4.69) is 19.2 Å². The monoisotopic (exact) mass is 238 g/mol. The number of nitrogens with one attached hydrogen (secondary N) is 1. The maximum atomic E-state index is 6.04. The zero-order valence-corrected chi connectivity index (χ0v) is 10.6. The molecule has 1 aliphatic rings. The molecule has 0 aliphatic heterocycles. The Morgan fingerprint density at radius 1 is 1.38 bits per heavy atom. The van der Waals surface area contributed by atoms with E-state index in [4.69, 9.17) is 17.3 Å². The highest BCUT2D eigenvalue weighted by Gasteiger charge is 2.23. The van der Waals surface area contributed by atoms with Crippen LogP contribution in [0.4, 0.5) is 11.4 Å². The van der Waals surface area contributed by atoms with Crippen molar-refractivity contribution in [1.29, 1.82) is 0 Å². The van der Waals surface area contributed by atoms with E-state index in [1.165, 1.54) is 24.8 Å². The van der Waals surface area contributed by atoms with Gasteiger partial charge in [-0.1, -0.05) is 24.9 Å². The van der Waals surface area contributed by atoms with E-state index in [-0.39, 0.29) is 0 Å². The van der Waals surface area contributed by atoms with Crippen LogP contribution in [-0.2, 0) is 0 Å². The van der Waals surface area contributed by atoms with Gasteiger partial charge in [-0.2, -0.15) is 0 Å². The summed E-state index contributed by atoms with van der Waals surface area (Å²) < 4.78 is 0. The minimum atomic E-state index is 0.582. The molecule has 16 heavy (non-hydrogen) atoms. The lowest BCUT2D eigenvalue weighted by Crippen LogP contribution is -2.22. The topological polar surface area (TPSA) is 38.0 Å². The Morgan fingerprint density at radius 3 is 2.75 bits per heavy atom. The molecule has 0 bridgehead atoms. The fourth-order valence-electron chi connectivity index (χ4n) is 2.42. The van der Waals surface area contributed by atoms with Crippen molar-refractivity contribution in [3.05, 3.63) is 22.7 Å². The molecular formula is C13H19ClN2. The van der Waals surface area contributed by atoms with Crippen molar-refractivity contribution >= 4 is 23.0 Å². The molecule has 0 aromatic heterocycles. The summed E-state index contributed by atoms with van der Waals surface area (Å²) in [5.41, 5.74) is 8.71. The van der Waals surface area contributed by atoms with Crippen molar-refractivity contribution < 1.29 is 0 Å². The van der Waals surface area contributed by atoms with Crippen LogP contribution in [0.3, 0.4) is 0 Å². The van der Waals surface area contributed by atoms with Crippen LogP contribution >= 0.6 is 11.6 Å². The van der Waals surface area contributed by atoms with Crippen LogP contribution in [0.2, 0.25) is 5.02 Å². The van der Waals surface area contributed by atoms with Crippen LogP contribution in [0.1, 0.15) is 31.7 Å². The lowest BCUT2D eigenvalue weighted by Gasteiger charge is -2.20. The van der Waals surface area contributed by atoms with Gasteiger partial charge in [0.15, 0.2) is 0 Å². The molecule has 88 valence electrons. The molecule has 2 nitrogen and oxygen atoms in total. The first-order valence-corrected chi connectivity index (χ1v) is 6.28. The predicted octanol–water partition coefficient (Wildman–Crippen LogP) is 3.83. The third-order valence-corrected chi connectivity index (χ3v) is 3.87. The average molecular weight is 239 g/mol. The van der Waals surface area contributed by atoms with Gasteiger partial charge in [-0.25, -0.2) is 0 Å². The van der Waals surface area contributed by atoms with Crippen molar-refractivity contribution in [2.24, 2.45) is 5.92 Å². The van der Waals surface area contributed by atoms with Gasteiger partial charge in [0.1, 0.15) is 0 Å². The first-order valence-electron chi connectivity index (χ1n) is 5.90. The highest BCUT2D eigenvalue weighted by Crippen LogP contribution is 2.32. The largest absolute Gasteiger partial charge is 0.398 e. The maximum Gasteiger partial charge on any atom is 0.0656 e. The molecule has 0 saturated heterocycles. The van der Waals surface area contributed by atoms with Crippen molar-refractivity contribution in [3.63, 3.8) is 0 Å². The van der Waals surface area contributed by atoms with Gasteiger partial charge in [-0.3, -0.25) is 0 Å². The van der Waals surface area contributed by atoms with E-state index in [9.17, 15) is 0 Å². The molecule has 3 heteroatoms. The van der Waals surface area contributed by atoms with Crippen molar-refractivity contribution in [1.82, 2.24) is 0 Å². The van der Waals surface area contributed by atoms with Crippen molar-refractivity contribution in [2.75, 3.05) is 11.1 Å². The molecule has 1 aromatic carbocycles. The Labute approximate surface area is 102 Å². The average Bonchev–Trinajstić information content (AvgIpc) is 2.61. The molecule has 0 radical (unpaired) electrons. The van der Waals surface area contributed by atoms with Gasteiger partial charge in [0.2, 0.25) is 0 Å². The molecule has 0 amide bonds. The Morgan fingerprint density at radius 2 is 2.12 bits per heavy atom. The normalized spacial score (nSPS) is 24.7. The summed E-state index contributed by atoms with van der Waals surface area (Å²) in [5.74, 6) is 0.746. The van der Waals surface area contributed by atoms with Crippen LogP contribution in [0, 0.1) is 12.8 Å². The fourth-order valence-corrected chi connectivity index (χ4v) is 2.58. The molecule has 3 N–H and O–H groups in total. The summed E-state index contributed by atoms with van der Waals surface area (Å²) >= 11 is 6.04. The molecule has 2 atom stereocenters. The van der Waals surface area contributed by atoms with Gasteiger partial charge >= 0.3 is 0 Å². The van der Waals surface area contributed by atoms with Gasteiger partial charge in [0, 0.05) is 11.7 Å². The number of hydrogen-bond acceptors (Lipinski definition) is 2. The zero-order chi connectivity index (χ0) is 11.7. The van der Waals surface area contributed by atoms with Gasteiger partial charge in [0.25, 0.3) is 0 Å². The quantitative estimate of drug-likeness (QED) is 0.769. The van der Waals surface area contributed by atoms with Crippen molar-refractivity contribution in [2.45, 2.75) is 39.2 Å². The minimum Gasteiger partial charge on any atom is -0.398 e. The summed E-state index contributed by atoms with van der Waals surface area (Å²) in [6.07, 6.45) is 3.89. The summed E-state index contributed by atoms with van der Waals surface area (Å²) in [6.45, 7) is 4.37. The SMILES string of the molecule is Cc1cc(N)c(Cl)cc1NC1CCCC1C. The summed E-state index contributed by atoms with van der Waals surface area (Å²) in [7, 11) is 0. The van der Waals surface area contributed by atoms with Crippen molar-refractivity contribution in [3.8, 4) is 0 Å². The van der Waals surface area contributed by atoms with E-state index in [0.717, 1.165) is 11.6 Å². The molecule has 1 aromatic rings. The number of aryl methyl sites for hydroxylation is 1. The van der Waals surface area contributed by atoms with E-state index < -0.39 is 0 Å². The first kappa shape index (κ1) is 11.6. The maximum absolute atomic E-state index is 6.04. The fraction of sp³-hybridized carbons (Fsp3) is 0.538. The lowest BCUT2D eigenvalue weighted by molar-refractivity contribution is 0.556. The Balaban J connectivity index is 2.18. The standard InChI is InChI=1S/C13H19ClN2/c1-8-4-3-5-12(8)16-13-7-10(14)11(15)6-9(13)2/h6-8,12,16H,3-5,15H2,1-2H3. The van der Waals surface area contributed by atoms with Gasteiger partial charge in [-0.15, -0.1) is 0 Å². The van der Waals surface area contributed by atoms with Crippen LogP contribution in [0.5, 0.6) is 0 Å². The molecule has 1 saturated carbocycles. The zero-order valence-electron chi connectivity index (χ0n) is 9.89. The molecule has 1 fully saturated rings. The molecule has 0 spiro atoms. The van der Waals surface area contributed by atoms with Crippen LogP contribution < -0.4 is 11.1 Å². The number of rotatable bonds is 2. The van der Waals surface area contributed by atoms with E-state index in [0.29, 0.717) is 16.8 Å². The second-order valence-electron chi connectivity index (χ2n) is 4.85. The van der Waals surface area contributed by atoms with E-state index in [1.807, 2.05) is 12.1 Å². The molecule has 2 unspecified atom stereocenters. The summed E-state index contributed by atoms with van der Waals surface area (Å²) in [6, 6.07) is 4.46. The number of hydrogen-bond donors (Lipinski definition) is 2.